The molecule has 3 aliphatic rings. The smallest absolute Gasteiger partial charge is 0.307 e. The van der Waals surface area contributed by atoms with Gasteiger partial charge in [0.1, 0.15) is 12.4 Å². The van der Waals surface area contributed by atoms with E-state index in [0.29, 0.717) is 62.7 Å². The van der Waals surface area contributed by atoms with E-state index < -0.39 is 23.8 Å². The Balaban J connectivity index is 1.51. The summed E-state index contributed by atoms with van der Waals surface area (Å²) in [6.45, 7) is 1.70. The summed E-state index contributed by atoms with van der Waals surface area (Å²) in [5, 5.41) is 10.4. The van der Waals surface area contributed by atoms with Crippen LogP contribution in [0.1, 0.15) is 61.3 Å². The molecule has 196 valence electrons. The van der Waals surface area contributed by atoms with E-state index in [1.807, 2.05) is 24.3 Å². The van der Waals surface area contributed by atoms with Crippen LogP contribution in [0, 0.1) is 11.8 Å². The van der Waals surface area contributed by atoms with Crippen LogP contribution in [-0.4, -0.2) is 57.3 Å². The number of nitrogens with zero attached hydrogens (tertiary/aromatic N) is 3. The monoisotopic (exact) mass is 525 g/mol. The number of aliphatic carboxylic acids is 1. The van der Waals surface area contributed by atoms with Crippen LogP contribution < -0.4 is 4.74 Å². The second kappa shape index (κ2) is 11.1. The van der Waals surface area contributed by atoms with Crippen molar-refractivity contribution in [3.8, 4) is 5.75 Å². The van der Waals surface area contributed by atoms with Crippen molar-refractivity contribution in [2.24, 2.45) is 11.8 Å². The number of rotatable bonds is 7. The fourth-order valence-corrected chi connectivity index (χ4v) is 6.30. The molecule has 2 aromatic rings. The van der Waals surface area contributed by atoms with Crippen molar-refractivity contribution in [2.45, 2.75) is 57.6 Å². The van der Waals surface area contributed by atoms with E-state index in [-0.39, 0.29) is 11.8 Å². The molecule has 9 heteroatoms. The number of hydrogen-bond acceptors (Lipinski definition) is 5. The van der Waals surface area contributed by atoms with Crippen LogP contribution in [0.25, 0.3) is 0 Å². The summed E-state index contributed by atoms with van der Waals surface area (Å²) in [6, 6.07) is 6.96. The molecule has 1 saturated carbocycles. The number of hydrogen-bond donors (Lipinski definition) is 1. The maximum Gasteiger partial charge on any atom is 0.307 e. The predicted molar refractivity (Wildman–Crippen MR) is 137 cm³/mol. The minimum absolute atomic E-state index is 0.0699. The van der Waals surface area contributed by atoms with Crippen LogP contribution in [0.4, 0.5) is 0 Å². The number of benzene rings is 1. The molecule has 3 unspecified atom stereocenters. The summed E-state index contributed by atoms with van der Waals surface area (Å²) in [7, 11) is 0. The maximum absolute atomic E-state index is 14.0. The summed E-state index contributed by atoms with van der Waals surface area (Å²) >= 11 is 6.66. The molecule has 8 nitrogen and oxygen atoms in total. The molecule has 2 amide bonds. The summed E-state index contributed by atoms with van der Waals surface area (Å²) < 4.78 is 6.27. The van der Waals surface area contributed by atoms with Gasteiger partial charge in [-0.2, -0.15) is 0 Å². The lowest BCUT2D eigenvalue weighted by Crippen LogP contribution is -2.50. The Bertz CT molecular complexity index is 1170. The highest BCUT2D eigenvalue weighted by atomic mass is 35.5. The highest BCUT2D eigenvalue weighted by molar-refractivity contribution is 6.31. The molecule has 3 heterocycles. The van der Waals surface area contributed by atoms with E-state index in [1.54, 1.807) is 22.2 Å². The van der Waals surface area contributed by atoms with Gasteiger partial charge in [0.05, 0.1) is 17.9 Å². The number of likely N-dealkylation sites (tertiary alicyclic amines) is 1. The Morgan fingerprint density at radius 1 is 1.08 bits per heavy atom. The fraction of sp³-hybridized carbons (Fsp3) is 0.500. The number of amides is 2. The first-order valence-corrected chi connectivity index (χ1v) is 13.5. The fourth-order valence-electron chi connectivity index (χ4n) is 6.04. The van der Waals surface area contributed by atoms with Crippen LogP contribution >= 0.6 is 11.6 Å². The molecule has 0 bridgehead atoms. The third-order valence-electron chi connectivity index (χ3n) is 7.94. The normalized spacial score (nSPS) is 23.6. The van der Waals surface area contributed by atoms with Gasteiger partial charge in [-0.1, -0.05) is 30.5 Å². The molecule has 5 rings (SSSR count). The van der Waals surface area contributed by atoms with Gasteiger partial charge < -0.3 is 19.6 Å². The van der Waals surface area contributed by atoms with E-state index in [4.69, 9.17) is 16.3 Å². The van der Waals surface area contributed by atoms with Crippen LogP contribution in [0.15, 0.2) is 36.7 Å². The Kier molecular flexibility index (Phi) is 7.65. The third-order valence-corrected chi connectivity index (χ3v) is 8.29. The van der Waals surface area contributed by atoms with E-state index >= 15 is 0 Å². The molecule has 1 saturated heterocycles. The number of carboxylic acid groups (broad SMARTS) is 1. The molecular weight excluding hydrogens is 494 g/mol. The van der Waals surface area contributed by atoms with Gasteiger partial charge in [-0.3, -0.25) is 19.4 Å². The number of fused-ring (bicyclic) bond motifs is 1. The van der Waals surface area contributed by atoms with Gasteiger partial charge in [0.25, 0.3) is 0 Å². The standard InChI is InChI=1S/C28H32ClN3O5/c29-22-9-10-24(37-17-18-5-3-12-30-15-18)26-21(22)11-14-32(23(26)16-31-13-4-8-25(31)33)27(34)19-6-1-2-7-20(19)28(35)36/h3,5,9-10,12,15,19-20,23H,1-2,4,6-8,11,13-14,16-17H2,(H,35,36). The third kappa shape index (κ3) is 5.30. The first-order chi connectivity index (χ1) is 17.9. The quantitative estimate of drug-likeness (QED) is 0.580. The molecule has 2 aliphatic heterocycles. The van der Waals surface area contributed by atoms with Crippen LogP contribution in [0.2, 0.25) is 5.02 Å². The average molecular weight is 526 g/mol. The second-order valence-electron chi connectivity index (χ2n) is 10.2. The molecule has 1 aromatic carbocycles. The van der Waals surface area contributed by atoms with Crippen molar-refractivity contribution in [2.75, 3.05) is 19.6 Å². The lowest BCUT2D eigenvalue weighted by Gasteiger charge is -2.43. The number of ether oxygens (including phenoxy) is 1. The molecular formula is C28H32ClN3O5. The first kappa shape index (κ1) is 25.5. The molecule has 1 aromatic heterocycles. The van der Waals surface area contributed by atoms with Crippen LogP contribution in [0.3, 0.4) is 0 Å². The molecule has 1 N–H and O–H groups in total. The zero-order chi connectivity index (χ0) is 25.9. The van der Waals surface area contributed by atoms with Gasteiger partial charge in [0, 0.05) is 54.6 Å². The molecule has 0 radical (unpaired) electrons. The number of carbonyl (C=O) groups is 3. The maximum atomic E-state index is 14.0. The minimum Gasteiger partial charge on any atom is -0.488 e. The summed E-state index contributed by atoms with van der Waals surface area (Å²) in [4.78, 5) is 46.4. The Morgan fingerprint density at radius 2 is 1.89 bits per heavy atom. The molecule has 2 fully saturated rings. The Hall–Kier alpha value is -3.13. The minimum atomic E-state index is -0.912. The Morgan fingerprint density at radius 3 is 2.59 bits per heavy atom. The van der Waals surface area contributed by atoms with E-state index in [9.17, 15) is 19.5 Å². The van der Waals surface area contributed by atoms with Crippen LogP contribution in [0.5, 0.6) is 5.75 Å². The summed E-state index contributed by atoms with van der Waals surface area (Å²) in [5.74, 6) is -1.62. The SMILES string of the molecule is O=C(O)C1CCCCC1C(=O)N1CCc2c(Cl)ccc(OCc3cccnc3)c2C1CN1CCCC1=O. The zero-order valence-electron chi connectivity index (χ0n) is 20.8. The molecule has 3 atom stereocenters. The average Bonchev–Trinajstić information content (AvgIpc) is 3.32. The molecule has 0 spiro atoms. The van der Waals surface area contributed by atoms with Crippen molar-refractivity contribution in [3.05, 3.63) is 58.4 Å². The molecule has 37 heavy (non-hydrogen) atoms. The zero-order valence-corrected chi connectivity index (χ0v) is 21.5. The van der Waals surface area contributed by atoms with Gasteiger partial charge in [-0.15, -0.1) is 0 Å². The van der Waals surface area contributed by atoms with Crippen molar-refractivity contribution in [1.82, 2.24) is 14.8 Å². The van der Waals surface area contributed by atoms with Gasteiger partial charge in [-0.25, -0.2) is 0 Å². The molecule has 1 aliphatic carbocycles. The highest BCUT2D eigenvalue weighted by Gasteiger charge is 2.43. The summed E-state index contributed by atoms with van der Waals surface area (Å²) in [5.41, 5.74) is 2.65. The number of carboxylic acids is 1. The number of pyridine rings is 1. The lowest BCUT2D eigenvalue weighted by atomic mass is 9.77. The van der Waals surface area contributed by atoms with Gasteiger partial charge in [-0.05, 0) is 49.4 Å². The lowest BCUT2D eigenvalue weighted by molar-refractivity contribution is -0.154. The van der Waals surface area contributed by atoms with Crippen molar-refractivity contribution in [3.63, 3.8) is 0 Å². The van der Waals surface area contributed by atoms with Crippen molar-refractivity contribution >= 4 is 29.4 Å². The van der Waals surface area contributed by atoms with E-state index in [0.717, 1.165) is 36.0 Å². The van der Waals surface area contributed by atoms with Crippen molar-refractivity contribution in [1.29, 1.82) is 0 Å². The van der Waals surface area contributed by atoms with E-state index in [2.05, 4.69) is 4.98 Å². The topological polar surface area (TPSA) is 100 Å². The first-order valence-electron chi connectivity index (χ1n) is 13.1. The van der Waals surface area contributed by atoms with Crippen molar-refractivity contribution < 1.29 is 24.2 Å². The van der Waals surface area contributed by atoms with Gasteiger partial charge >= 0.3 is 5.97 Å². The number of aromatic nitrogens is 1. The largest absolute Gasteiger partial charge is 0.488 e. The van der Waals surface area contributed by atoms with E-state index in [1.165, 1.54) is 0 Å². The second-order valence-corrected chi connectivity index (χ2v) is 10.6. The van der Waals surface area contributed by atoms with Gasteiger partial charge in [0.15, 0.2) is 0 Å². The van der Waals surface area contributed by atoms with Gasteiger partial charge in [0.2, 0.25) is 11.8 Å². The number of carbonyl (C=O) groups excluding carboxylic acids is 2. The summed E-state index contributed by atoms with van der Waals surface area (Å²) in [6.07, 6.45) is 8.00. The highest BCUT2D eigenvalue weighted by Crippen LogP contribution is 2.43. The number of halogens is 1. The van der Waals surface area contributed by atoms with Crippen LogP contribution in [-0.2, 0) is 27.4 Å². The Labute approximate surface area is 221 Å². The predicted octanol–water partition coefficient (Wildman–Crippen LogP) is 4.25.